The smallest absolute Gasteiger partial charge is 0.270 e. The highest BCUT2D eigenvalue weighted by Crippen LogP contribution is 2.24. The van der Waals surface area contributed by atoms with E-state index in [2.05, 4.69) is 31.2 Å². The number of aromatic amines is 1. The first-order valence-electron chi connectivity index (χ1n) is 7.32. The van der Waals surface area contributed by atoms with Crippen LogP contribution in [0.3, 0.4) is 0 Å². The first-order valence-corrected chi connectivity index (χ1v) is 8.11. The van der Waals surface area contributed by atoms with E-state index in [4.69, 9.17) is 4.74 Å². The molecule has 0 fully saturated rings. The molecule has 0 aliphatic rings. The molecule has 0 radical (unpaired) electrons. The number of nitrogens with one attached hydrogen (secondary N) is 2. The summed E-state index contributed by atoms with van der Waals surface area (Å²) < 4.78 is 6.02. The lowest BCUT2D eigenvalue weighted by Crippen LogP contribution is -2.16. The minimum absolute atomic E-state index is 0.0371. The first kappa shape index (κ1) is 16.7. The zero-order valence-electron chi connectivity index (χ0n) is 13.2. The number of hydrogen-bond donors (Lipinski definition) is 2. The Morgan fingerprint density at radius 3 is 2.64 bits per heavy atom. The van der Waals surface area contributed by atoms with Crippen LogP contribution < -0.4 is 15.6 Å². The third-order valence-electron chi connectivity index (χ3n) is 3.48. The van der Waals surface area contributed by atoms with Crippen LogP contribution in [0.15, 0.2) is 57.8 Å². The highest BCUT2D eigenvalue weighted by atomic mass is 79.9. The van der Waals surface area contributed by atoms with Gasteiger partial charge in [-0.25, -0.2) is 4.98 Å². The van der Waals surface area contributed by atoms with Gasteiger partial charge in [-0.05, 0) is 42.5 Å². The van der Waals surface area contributed by atoms with Crippen molar-refractivity contribution in [1.82, 2.24) is 9.97 Å². The standard InChI is InChI=1S/C18H13BrN4O2/c1-25-14-7-5-11(6-8-14)16-15(10-20)17(24)23-18(22-16)21-13-4-2-3-12(19)9-13/h2-9H,1H3,(H2,21,22,23,24). The molecule has 0 aliphatic heterocycles. The van der Waals surface area contributed by atoms with Gasteiger partial charge in [-0.3, -0.25) is 9.78 Å². The fourth-order valence-electron chi connectivity index (χ4n) is 2.30. The molecule has 2 N–H and O–H groups in total. The largest absolute Gasteiger partial charge is 0.497 e. The Morgan fingerprint density at radius 1 is 1.24 bits per heavy atom. The molecule has 0 spiro atoms. The van der Waals surface area contributed by atoms with Crippen molar-refractivity contribution in [2.45, 2.75) is 0 Å². The summed E-state index contributed by atoms with van der Waals surface area (Å²) in [5, 5.41) is 12.4. The van der Waals surface area contributed by atoms with Gasteiger partial charge in [0.1, 0.15) is 17.4 Å². The Bertz CT molecular complexity index is 1010. The quantitative estimate of drug-likeness (QED) is 0.699. The Morgan fingerprint density at radius 2 is 2.00 bits per heavy atom. The molecule has 1 aromatic heterocycles. The Kier molecular flexibility index (Phi) is 4.82. The fourth-order valence-corrected chi connectivity index (χ4v) is 2.70. The van der Waals surface area contributed by atoms with Crippen molar-refractivity contribution in [3.63, 3.8) is 0 Å². The number of methoxy groups -OCH3 is 1. The van der Waals surface area contributed by atoms with E-state index in [1.165, 1.54) is 0 Å². The molecule has 25 heavy (non-hydrogen) atoms. The number of H-pyrrole nitrogens is 1. The van der Waals surface area contributed by atoms with Gasteiger partial charge in [0.15, 0.2) is 0 Å². The normalized spacial score (nSPS) is 10.1. The van der Waals surface area contributed by atoms with E-state index in [-0.39, 0.29) is 11.5 Å². The molecule has 2 aromatic carbocycles. The van der Waals surface area contributed by atoms with Gasteiger partial charge in [0.2, 0.25) is 5.95 Å². The number of nitriles is 1. The molecule has 7 heteroatoms. The molecule has 3 rings (SSSR count). The second-order valence-corrected chi connectivity index (χ2v) is 6.03. The molecule has 0 aliphatic carbocycles. The molecule has 1 heterocycles. The van der Waals surface area contributed by atoms with Gasteiger partial charge in [-0.15, -0.1) is 0 Å². The third kappa shape index (κ3) is 3.70. The van der Waals surface area contributed by atoms with E-state index in [0.29, 0.717) is 17.0 Å². The molecule has 0 unspecified atom stereocenters. The Labute approximate surface area is 152 Å². The van der Waals surface area contributed by atoms with Crippen LogP contribution in [0.2, 0.25) is 0 Å². The molecular weight excluding hydrogens is 384 g/mol. The topological polar surface area (TPSA) is 90.8 Å². The SMILES string of the molecule is COc1ccc(-c2nc(Nc3cccc(Br)c3)[nH]c(=O)c2C#N)cc1. The summed E-state index contributed by atoms with van der Waals surface area (Å²) in [4.78, 5) is 19.3. The number of nitrogens with zero attached hydrogens (tertiary/aromatic N) is 2. The lowest BCUT2D eigenvalue weighted by Gasteiger charge is -2.09. The zero-order valence-corrected chi connectivity index (χ0v) is 14.8. The number of ether oxygens (including phenoxy) is 1. The summed E-state index contributed by atoms with van der Waals surface area (Å²) in [5.74, 6) is 0.938. The summed E-state index contributed by atoms with van der Waals surface area (Å²) in [6.45, 7) is 0. The lowest BCUT2D eigenvalue weighted by atomic mass is 10.1. The maximum Gasteiger partial charge on any atom is 0.270 e. The van der Waals surface area contributed by atoms with Crippen LogP contribution in [0.5, 0.6) is 5.75 Å². The van der Waals surface area contributed by atoms with E-state index >= 15 is 0 Å². The maximum absolute atomic E-state index is 12.3. The van der Waals surface area contributed by atoms with Crippen LogP contribution >= 0.6 is 15.9 Å². The number of benzene rings is 2. The molecule has 3 aromatic rings. The molecule has 0 atom stereocenters. The van der Waals surface area contributed by atoms with Gasteiger partial charge >= 0.3 is 0 Å². The van der Waals surface area contributed by atoms with Gasteiger partial charge in [-0.1, -0.05) is 22.0 Å². The van der Waals surface area contributed by atoms with E-state index < -0.39 is 5.56 Å². The molecule has 124 valence electrons. The molecule has 0 bridgehead atoms. The fraction of sp³-hybridized carbons (Fsp3) is 0.0556. The number of aromatic nitrogens is 2. The number of halogens is 1. The van der Waals surface area contributed by atoms with E-state index in [1.807, 2.05) is 30.3 Å². The highest BCUT2D eigenvalue weighted by molar-refractivity contribution is 9.10. The van der Waals surface area contributed by atoms with Crippen molar-refractivity contribution in [2.75, 3.05) is 12.4 Å². The molecule has 6 nitrogen and oxygen atoms in total. The van der Waals surface area contributed by atoms with Crippen LogP contribution in [0.1, 0.15) is 5.56 Å². The molecule has 0 amide bonds. The van der Waals surface area contributed by atoms with Gasteiger partial charge in [0.25, 0.3) is 5.56 Å². The van der Waals surface area contributed by atoms with Crippen molar-refractivity contribution in [1.29, 1.82) is 5.26 Å². The van der Waals surface area contributed by atoms with Crippen molar-refractivity contribution < 1.29 is 4.74 Å². The number of hydrogen-bond acceptors (Lipinski definition) is 5. The van der Waals surface area contributed by atoms with Crippen LogP contribution in [0, 0.1) is 11.3 Å². The minimum Gasteiger partial charge on any atom is -0.497 e. The van der Waals surface area contributed by atoms with E-state index in [9.17, 15) is 10.1 Å². The zero-order chi connectivity index (χ0) is 17.8. The lowest BCUT2D eigenvalue weighted by molar-refractivity contribution is 0.415. The van der Waals surface area contributed by atoms with Gasteiger partial charge < -0.3 is 10.1 Å². The van der Waals surface area contributed by atoms with Crippen LogP contribution in [-0.2, 0) is 0 Å². The third-order valence-corrected chi connectivity index (χ3v) is 3.98. The number of rotatable bonds is 4. The van der Waals surface area contributed by atoms with Gasteiger partial charge in [0, 0.05) is 15.7 Å². The predicted octanol–water partition coefficient (Wildman–Crippen LogP) is 3.82. The molecular formula is C18H13BrN4O2. The Hall–Kier alpha value is -3.11. The first-order chi connectivity index (χ1) is 12.1. The Balaban J connectivity index is 2.06. The maximum atomic E-state index is 12.3. The summed E-state index contributed by atoms with van der Waals surface area (Å²) >= 11 is 3.39. The highest BCUT2D eigenvalue weighted by Gasteiger charge is 2.13. The second kappa shape index (κ2) is 7.20. The van der Waals surface area contributed by atoms with E-state index in [0.717, 1.165) is 10.2 Å². The van der Waals surface area contributed by atoms with Crippen molar-refractivity contribution in [2.24, 2.45) is 0 Å². The van der Waals surface area contributed by atoms with Crippen molar-refractivity contribution in [3.05, 3.63) is 68.9 Å². The van der Waals surface area contributed by atoms with Crippen LogP contribution in [0.25, 0.3) is 11.3 Å². The summed E-state index contributed by atoms with van der Waals surface area (Å²) in [6.07, 6.45) is 0. The summed E-state index contributed by atoms with van der Waals surface area (Å²) in [7, 11) is 1.57. The van der Waals surface area contributed by atoms with Crippen LogP contribution in [0.4, 0.5) is 11.6 Å². The summed E-state index contributed by atoms with van der Waals surface area (Å²) in [6, 6.07) is 16.4. The van der Waals surface area contributed by atoms with Crippen LogP contribution in [-0.4, -0.2) is 17.1 Å². The molecule has 0 saturated carbocycles. The monoisotopic (exact) mass is 396 g/mol. The second-order valence-electron chi connectivity index (χ2n) is 5.11. The van der Waals surface area contributed by atoms with Gasteiger partial charge in [0.05, 0.1) is 12.8 Å². The summed E-state index contributed by atoms with van der Waals surface area (Å²) in [5.41, 5.74) is 1.18. The van der Waals surface area contributed by atoms with Crippen molar-refractivity contribution >= 4 is 27.6 Å². The average molecular weight is 397 g/mol. The van der Waals surface area contributed by atoms with E-state index in [1.54, 1.807) is 31.4 Å². The average Bonchev–Trinajstić information content (AvgIpc) is 2.61. The molecule has 0 saturated heterocycles. The minimum atomic E-state index is -0.499. The van der Waals surface area contributed by atoms with Crippen molar-refractivity contribution in [3.8, 4) is 23.1 Å². The van der Waals surface area contributed by atoms with Gasteiger partial charge in [-0.2, -0.15) is 5.26 Å². The number of anilines is 2. The predicted molar refractivity (Wildman–Crippen MR) is 99.0 cm³/mol.